The first kappa shape index (κ1) is 10.7. The molecule has 0 spiro atoms. The van der Waals surface area contributed by atoms with E-state index < -0.39 is 0 Å². The van der Waals surface area contributed by atoms with Crippen LogP contribution >= 0.6 is 11.8 Å². The van der Waals surface area contributed by atoms with Crippen LogP contribution in [-0.4, -0.2) is 61.8 Å². The van der Waals surface area contributed by atoms with Gasteiger partial charge in [0.05, 0.1) is 12.7 Å². The summed E-state index contributed by atoms with van der Waals surface area (Å²) in [6, 6.07) is 0. The van der Waals surface area contributed by atoms with Crippen molar-refractivity contribution in [2.24, 2.45) is 0 Å². The van der Waals surface area contributed by atoms with E-state index >= 15 is 0 Å². The van der Waals surface area contributed by atoms with E-state index in [1.54, 1.807) is 0 Å². The van der Waals surface area contributed by atoms with Crippen molar-refractivity contribution in [3.8, 4) is 0 Å². The molecular weight excluding hydrogens is 196 g/mol. The number of nitrogens with zero attached hydrogens (tertiary/aromatic N) is 1. The second-order valence-electron chi connectivity index (χ2n) is 3.96. The van der Waals surface area contributed by atoms with Crippen LogP contribution in [0.25, 0.3) is 0 Å². The van der Waals surface area contributed by atoms with E-state index in [0.717, 1.165) is 26.2 Å². The molecule has 0 aromatic rings. The lowest BCUT2D eigenvalue weighted by atomic mass is 10.2. The van der Waals surface area contributed by atoms with Gasteiger partial charge in [0.1, 0.15) is 0 Å². The van der Waals surface area contributed by atoms with Gasteiger partial charge >= 0.3 is 0 Å². The molecule has 2 fully saturated rings. The molecule has 0 aromatic carbocycles. The van der Waals surface area contributed by atoms with Gasteiger partial charge in [0.15, 0.2) is 0 Å². The van der Waals surface area contributed by atoms with Gasteiger partial charge in [0, 0.05) is 31.9 Å². The lowest BCUT2D eigenvalue weighted by Gasteiger charge is -2.29. The Bertz CT molecular complexity index is 154. The molecule has 1 atom stereocenters. The second-order valence-corrected chi connectivity index (χ2v) is 5.19. The molecule has 4 heteroatoms. The van der Waals surface area contributed by atoms with Gasteiger partial charge in [-0.25, -0.2) is 0 Å². The minimum atomic E-state index is 0.423. The number of nitrogens with one attached hydrogen (secondary N) is 1. The molecule has 14 heavy (non-hydrogen) atoms. The Morgan fingerprint density at radius 1 is 1.36 bits per heavy atom. The van der Waals surface area contributed by atoms with Crippen LogP contribution in [0.15, 0.2) is 0 Å². The van der Waals surface area contributed by atoms with Gasteiger partial charge < -0.3 is 10.1 Å². The Kier molecular flexibility index (Phi) is 4.57. The van der Waals surface area contributed by atoms with Crippen LogP contribution in [0, 0.1) is 0 Å². The SMILES string of the molecule is C1CSCCN(CC2CNCCO2)C1. The zero-order chi connectivity index (χ0) is 9.64. The van der Waals surface area contributed by atoms with E-state index in [1.165, 1.54) is 31.0 Å². The fraction of sp³-hybridized carbons (Fsp3) is 1.00. The lowest BCUT2D eigenvalue weighted by Crippen LogP contribution is -2.45. The summed E-state index contributed by atoms with van der Waals surface area (Å²) in [5.74, 6) is 2.63. The van der Waals surface area contributed by atoms with E-state index in [0.29, 0.717) is 6.10 Å². The van der Waals surface area contributed by atoms with Crippen molar-refractivity contribution in [3.63, 3.8) is 0 Å². The quantitative estimate of drug-likeness (QED) is 0.723. The Balaban J connectivity index is 1.71. The van der Waals surface area contributed by atoms with Crippen LogP contribution in [0.1, 0.15) is 6.42 Å². The molecular formula is C10H20N2OS. The first-order valence-electron chi connectivity index (χ1n) is 5.57. The van der Waals surface area contributed by atoms with Gasteiger partial charge in [-0.3, -0.25) is 4.90 Å². The van der Waals surface area contributed by atoms with Gasteiger partial charge in [0.2, 0.25) is 0 Å². The molecule has 2 rings (SSSR count). The molecule has 0 amide bonds. The number of hydrogen-bond donors (Lipinski definition) is 1. The fourth-order valence-corrected chi connectivity index (χ4v) is 2.93. The number of ether oxygens (including phenoxy) is 1. The van der Waals surface area contributed by atoms with Crippen LogP contribution in [0.2, 0.25) is 0 Å². The fourth-order valence-electron chi connectivity index (χ4n) is 2.01. The van der Waals surface area contributed by atoms with Gasteiger partial charge in [-0.2, -0.15) is 11.8 Å². The normalized spacial score (nSPS) is 31.3. The van der Waals surface area contributed by atoms with Gasteiger partial charge in [0.25, 0.3) is 0 Å². The van der Waals surface area contributed by atoms with E-state index in [9.17, 15) is 0 Å². The van der Waals surface area contributed by atoms with Crippen LogP contribution in [0.4, 0.5) is 0 Å². The summed E-state index contributed by atoms with van der Waals surface area (Å²) >= 11 is 2.08. The Morgan fingerprint density at radius 2 is 2.36 bits per heavy atom. The van der Waals surface area contributed by atoms with E-state index in [-0.39, 0.29) is 0 Å². The topological polar surface area (TPSA) is 24.5 Å². The molecule has 0 saturated carbocycles. The molecule has 1 N–H and O–H groups in total. The third-order valence-corrected chi connectivity index (χ3v) is 3.83. The van der Waals surface area contributed by atoms with Crippen molar-refractivity contribution in [2.45, 2.75) is 12.5 Å². The molecule has 2 heterocycles. The molecule has 2 saturated heterocycles. The van der Waals surface area contributed by atoms with Crippen molar-refractivity contribution in [1.82, 2.24) is 10.2 Å². The first-order chi connectivity index (χ1) is 6.95. The summed E-state index contributed by atoms with van der Waals surface area (Å²) < 4.78 is 5.71. The lowest BCUT2D eigenvalue weighted by molar-refractivity contribution is 0.00691. The summed E-state index contributed by atoms with van der Waals surface area (Å²) in [7, 11) is 0. The largest absolute Gasteiger partial charge is 0.374 e. The van der Waals surface area contributed by atoms with E-state index in [1.807, 2.05) is 0 Å². The van der Waals surface area contributed by atoms with Crippen LogP contribution < -0.4 is 5.32 Å². The minimum Gasteiger partial charge on any atom is -0.374 e. The molecule has 2 aliphatic rings. The molecule has 0 aliphatic carbocycles. The van der Waals surface area contributed by atoms with Crippen LogP contribution in [0.5, 0.6) is 0 Å². The highest BCUT2D eigenvalue weighted by Gasteiger charge is 2.18. The molecule has 2 aliphatic heterocycles. The maximum atomic E-state index is 5.71. The number of hydrogen-bond acceptors (Lipinski definition) is 4. The third kappa shape index (κ3) is 3.42. The predicted molar refractivity (Wildman–Crippen MR) is 61.0 cm³/mol. The molecule has 1 unspecified atom stereocenters. The summed E-state index contributed by atoms with van der Waals surface area (Å²) in [5.41, 5.74) is 0. The summed E-state index contributed by atoms with van der Waals surface area (Å²) in [6.07, 6.45) is 1.76. The van der Waals surface area contributed by atoms with Crippen LogP contribution in [-0.2, 0) is 4.74 Å². The Hall–Kier alpha value is 0.230. The summed E-state index contributed by atoms with van der Waals surface area (Å²) in [6.45, 7) is 6.55. The first-order valence-corrected chi connectivity index (χ1v) is 6.73. The third-order valence-electron chi connectivity index (χ3n) is 2.78. The van der Waals surface area contributed by atoms with Crippen molar-refractivity contribution < 1.29 is 4.74 Å². The zero-order valence-electron chi connectivity index (χ0n) is 8.71. The van der Waals surface area contributed by atoms with Crippen LogP contribution in [0.3, 0.4) is 0 Å². The zero-order valence-corrected chi connectivity index (χ0v) is 9.52. The van der Waals surface area contributed by atoms with Crippen molar-refractivity contribution in [2.75, 3.05) is 50.8 Å². The standard InChI is InChI=1S/C10H20N2OS/c1-3-12(4-7-14-6-1)9-10-8-11-2-5-13-10/h10-11H,1-9H2. The van der Waals surface area contributed by atoms with Gasteiger partial charge in [-0.05, 0) is 18.7 Å². The van der Waals surface area contributed by atoms with Crippen molar-refractivity contribution >= 4 is 11.8 Å². The van der Waals surface area contributed by atoms with Crippen molar-refractivity contribution in [3.05, 3.63) is 0 Å². The molecule has 82 valence electrons. The molecule has 3 nitrogen and oxygen atoms in total. The Labute approximate surface area is 90.6 Å². The smallest absolute Gasteiger partial charge is 0.0826 e. The highest BCUT2D eigenvalue weighted by atomic mass is 32.2. The van der Waals surface area contributed by atoms with Gasteiger partial charge in [-0.1, -0.05) is 0 Å². The van der Waals surface area contributed by atoms with E-state index in [2.05, 4.69) is 22.0 Å². The Morgan fingerprint density at radius 3 is 3.21 bits per heavy atom. The van der Waals surface area contributed by atoms with Crippen molar-refractivity contribution in [1.29, 1.82) is 0 Å². The minimum absolute atomic E-state index is 0.423. The molecule has 0 radical (unpaired) electrons. The maximum Gasteiger partial charge on any atom is 0.0826 e. The summed E-state index contributed by atoms with van der Waals surface area (Å²) in [5, 5.41) is 3.38. The number of thioether (sulfide) groups is 1. The highest BCUT2D eigenvalue weighted by Crippen LogP contribution is 2.11. The maximum absolute atomic E-state index is 5.71. The summed E-state index contributed by atoms with van der Waals surface area (Å²) in [4.78, 5) is 2.55. The second kappa shape index (κ2) is 5.95. The molecule has 0 bridgehead atoms. The van der Waals surface area contributed by atoms with E-state index in [4.69, 9.17) is 4.74 Å². The average molecular weight is 216 g/mol. The predicted octanol–water partition coefficient (Wildman–Crippen LogP) is 0.414. The molecule has 0 aromatic heterocycles. The number of morpholine rings is 1. The average Bonchev–Trinajstić information content (AvgIpc) is 2.48. The van der Waals surface area contributed by atoms with Gasteiger partial charge in [-0.15, -0.1) is 0 Å². The monoisotopic (exact) mass is 216 g/mol. The number of rotatable bonds is 2. The highest BCUT2D eigenvalue weighted by molar-refractivity contribution is 7.99.